The van der Waals surface area contributed by atoms with E-state index in [1.807, 2.05) is 0 Å². The minimum absolute atomic E-state index is 0.140. The molecule has 2 N–H and O–H groups in total. The van der Waals surface area contributed by atoms with Crippen molar-refractivity contribution in [2.45, 2.75) is 38.3 Å². The molecule has 1 aromatic carbocycles. The molecule has 1 saturated carbocycles. The van der Waals surface area contributed by atoms with E-state index in [9.17, 15) is 9.50 Å². The summed E-state index contributed by atoms with van der Waals surface area (Å²) in [7, 11) is 0. The third-order valence-electron chi connectivity index (χ3n) is 4.30. The molecule has 0 bridgehead atoms. The fourth-order valence-electron chi connectivity index (χ4n) is 3.20. The van der Waals surface area contributed by atoms with Gasteiger partial charge >= 0.3 is 0 Å². The fraction of sp³-hybridized carbons (Fsp3) is 0.471. The van der Waals surface area contributed by atoms with E-state index in [1.165, 1.54) is 12.5 Å². The van der Waals surface area contributed by atoms with Gasteiger partial charge < -0.3 is 10.4 Å². The number of fused-ring (bicyclic) bond motifs is 1. The lowest BCUT2D eigenvalue weighted by Crippen LogP contribution is -2.29. The lowest BCUT2D eigenvalue weighted by Gasteiger charge is -2.26. The van der Waals surface area contributed by atoms with Crippen LogP contribution in [0.3, 0.4) is 0 Å². The van der Waals surface area contributed by atoms with Crippen molar-refractivity contribution in [1.29, 1.82) is 0 Å². The van der Waals surface area contributed by atoms with Crippen molar-refractivity contribution in [2.75, 3.05) is 6.54 Å². The summed E-state index contributed by atoms with van der Waals surface area (Å²) in [6.45, 7) is 1.57. The Hall–Kier alpha value is -1.52. The zero-order valence-corrected chi connectivity index (χ0v) is 12.1. The molecule has 1 heterocycles. The van der Waals surface area contributed by atoms with Gasteiger partial charge in [-0.2, -0.15) is 0 Å². The Balaban J connectivity index is 1.64. The molecule has 0 radical (unpaired) electrons. The van der Waals surface area contributed by atoms with Crippen molar-refractivity contribution < 1.29 is 9.50 Å². The van der Waals surface area contributed by atoms with Crippen LogP contribution in [0.5, 0.6) is 0 Å². The van der Waals surface area contributed by atoms with E-state index < -0.39 is 0 Å². The highest BCUT2D eigenvalue weighted by molar-refractivity contribution is 5.82. The number of rotatable bonds is 4. The Bertz CT molecular complexity index is 617. The highest BCUT2D eigenvalue weighted by Gasteiger charge is 2.19. The summed E-state index contributed by atoms with van der Waals surface area (Å²) in [5.41, 5.74) is 1.75. The van der Waals surface area contributed by atoms with Gasteiger partial charge in [-0.1, -0.05) is 12.5 Å². The molecule has 1 fully saturated rings. The van der Waals surface area contributed by atoms with E-state index >= 15 is 0 Å². The molecule has 0 amide bonds. The van der Waals surface area contributed by atoms with Crippen LogP contribution in [-0.4, -0.2) is 22.7 Å². The number of aliphatic hydroxyl groups excluding tert-OH is 1. The van der Waals surface area contributed by atoms with Gasteiger partial charge in [0.15, 0.2) is 0 Å². The number of hydrogen-bond donors (Lipinski definition) is 2. The molecule has 21 heavy (non-hydrogen) atoms. The van der Waals surface area contributed by atoms with E-state index in [-0.39, 0.29) is 11.9 Å². The van der Waals surface area contributed by atoms with Crippen molar-refractivity contribution in [2.24, 2.45) is 5.92 Å². The number of pyridine rings is 1. The summed E-state index contributed by atoms with van der Waals surface area (Å²) in [5, 5.41) is 13.7. The minimum Gasteiger partial charge on any atom is -0.393 e. The smallest absolute Gasteiger partial charge is 0.132 e. The van der Waals surface area contributed by atoms with Crippen LogP contribution in [0.25, 0.3) is 10.9 Å². The molecule has 112 valence electrons. The Kier molecular flexibility index (Phi) is 4.46. The molecular formula is C17H21FN2O. The SMILES string of the molecule is OC1CCCC(CNCc2ccc(F)c3cccnc23)C1. The van der Waals surface area contributed by atoms with E-state index in [4.69, 9.17) is 0 Å². The van der Waals surface area contributed by atoms with E-state index in [2.05, 4.69) is 10.3 Å². The number of hydrogen-bond acceptors (Lipinski definition) is 3. The monoisotopic (exact) mass is 288 g/mol. The lowest BCUT2D eigenvalue weighted by molar-refractivity contribution is 0.101. The molecule has 2 aromatic rings. The highest BCUT2D eigenvalue weighted by atomic mass is 19.1. The molecule has 3 nitrogen and oxygen atoms in total. The summed E-state index contributed by atoms with van der Waals surface area (Å²) < 4.78 is 13.7. The first kappa shape index (κ1) is 14.4. The van der Waals surface area contributed by atoms with Crippen molar-refractivity contribution in [1.82, 2.24) is 10.3 Å². The van der Waals surface area contributed by atoms with Crippen LogP contribution in [-0.2, 0) is 6.54 Å². The molecule has 1 aliphatic carbocycles. The second-order valence-corrected chi connectivity index (χ2v) is 5.92. The van der Waals surface area contributed by atoms with Crippen LogP contribution in [0, 0.1) is 11.7 Å². The maximum absolute atomic E-state index is 13.7. The Labute approximate surface area is 124 Å². The van der Waals surface area contributed by atoms with Gasteiger partial charge in [0.25, 0.3) is 0 Å². The van der Waals surface area contributed by atoms with Gasteiger partial charge in [-0.3, -0.25) is 4.98 Å². The van der Waals surface area contributed by atoms with Gasteiger partial charge in [0, 0.05) is 18.1 Å². The zero-order valence-electron chi connectivity index (χ0n) is 12.1. The molecular weight excluding hydrogens is 267 g/mol. The van der Waals surface area contributed by atoms with Gasteiger partial charge in [0.1, 0.15) is 5.82 Å². The number of aliphatic hydroxyl groups is 1. The van der Waals surface area contributed by atoms with Crippen LogP contribution in [0.2, 0.25) is 0 Å². The van der Waals surface area contributed by atoms with Crippen molar-refractivity contribution in [3.05, 3.63) is 41.8 Å². The third kappa shape index (κ3) is 3.39. The van der Waals surface area contributed by atoms with Gasteiger partial charge in [-0.15, -0.1) is 0 Å². The van der Waals surface area contributed by atoms with Crippen LogP contribution in [0.15, 0.2) is 30.5 Å². The maximum Gasteiger partial charge on any atom is 0.132 e. The van der Waals surface area contributed by atoms with Gasteiger partial charge in [-0.05, 0) is 55.5 Å². The molecule has 0 spiro atoms. The van der Waals surface area contributed by atoms with E-state index in [1.54, 1.807) is 24.4 Å². The number of nitrogens with one attached hydrogen (secondary N) is 1. The van der Waals surface area contributed by atoms with Crippen molar-refractivity contribution in [3.63, 3.8) is 0 Å². The van der Waals surface area contributed by atoms with Crippen LogP contribution in [0.1, 0.15) is 31.2 Å². The van der Waals surface area contributed by atoms with Gasteiger partial charge in [0.05, 0.1) is 11.6 Å². The average Bonchev–Trinajstić information content (AvgIpc) is 2.50. The van der Waals surface area contributed by atoms with E-state index in [0.29, 0.717) is 17.8 Å². The third-order valence-corrected chi connectivity index (χ3v) is 4.30. The van der Waals surface area contributed by atoms with Crippen LogP contribution in [0.4, 0.5) is 4.39 Å². The lowest BCUT2D eigenvalue weighted by atomic mass is 9.87. The molecule has 2 atom stereocenters. The maximum atomic E-state index is 13.7. The second-order valence-electron chi connectivity index (χ2n) is 5.92. The molecule has 1 aromatic heterocycles. The fourth-order valence-corrected chi connectivity index (χ4v) is 3.20. The Morgan fingerprint density at radius 2 is 2.19 bits per heavy atom. The molecule has 2 unspecified atom stereocenters. The largest absolute Gasteiger partial charge is 0.393 e. The Morgan fingerprint density at radius 1 is 1.29 bits per heavy atom. The van der Waals surface area contributed by atoms with Crippen molar-refractivity contribution in [3.8, 4) is 0 Å². The predicted molar refractivity (Wildman–Crippen MR) is 81.4 cm³/mol. The quantitative estimate of drug-likeness (QED) is 0.909. The number of nitrogens with zero attached hydrogens (tertiary/aromatic N) is 1. The molecule has 4 heteroatoms. The van der Waals surface area contributed by atoms with E-state index in [0.717, 1.165) is 36.9 Å². The van der Waals surface area contributed by atoms with Gasteiger partial charge in [0.2, 0.25) is 0 Å². The number of aromatic nitrogens is 1. The Morgan fingerprint density at radius 3 is 3.05 bits per heavy atom. The van der Waals surface area contributed by atoms with Crippen LogP contribution >= 0.6 is 0 Å². The zero-order chi connectivity index (χ0) is 14.7. The average molecular weight is 288 g/mol. The molecule has 0 aliphatic heterocycles. The summed E-state index contributed by atoms with van der Waals surface area (Å²) in [6.07, 6.45) is 5.65. The normalized spacial score (nSPS) is 22.6. The molecule has 0 saturated heterocycles. The summed E-state index contributed by atoms with van der Waals surface area (Å²) in [4.78, 5) is 4.30. The predicted octanol–water partition coefficient (Wildman–Crippen LogP) is 3.01. The number of benzene rings is 1. The second kappa shape index (κ2) is 6.50. The summed E-state index contributed by atoms with van der Waals surface area (Å²) in [5.74, 6) is 0.311. The highest BCUT2D eigenvalue weighted by Crippen LogP contribution is 2.24. The first-order chi connectivity index (χ1) is 10.2. The molecule has 1 aliphatic rings. The summed E-state index contributed by atoms with van der Waals surface area (Å²) in [6, 6.07) is 6.82. The van der Waals surface area contributed by atoms with Crippen LogP contribution < -0.4 is 5.32 Å². The van der Waals surface area contributed by atoms with Crippen molar-refractivity contribution >= 4 is 10.9 Å². The van der Waals surface area contributed by atoms with Gasteiger partial charge in [-0.25, -0.2) is 4.39 Å². The number of halogens is 1. The standard InChI is InChI=1S/C17H21FN2O/c18-16-7-6-13(17-15(16)5-2-8-20-17)11-19-10-12-3-1-4-14(21)9-12/h2,5-8,12,14,19,21H,1,3-4,9-11H2. The topological polar surface area (TPSA) is 45.1 Å². The first-order valence-electron chi connectivity index (χ1n) is 7.65. The summed E-state index contributed by atoms with van der Waals surface area (Å²) >= 11 is 0. The molecule has 3 rings (SSSR count). The first-order valence-corrected chi connectivity index (χ1v) is 7.65. The minimum atomic E-state index is -0.225.